The van der Waals surface area contributed by atoms with Crippen molar-refractivity contribution in [1.82, 2.24) is 4.72 Å². The van der Waals surface area contributed by atoms with Crippen LogP contribution in [-0.2, 0) is 14.8 Å². The van der Waals surface area contributed by atoms with Gasteiger partial charge in [0.1, 0.15) is 0 Å². The average Bonchev–Trinajstić information content (AvgIpc) is 2.37. The van der Waals surface area contributed by atoms with Crippen LogP contribution >= 0.6 is 0 Å². The van der Waals surface area contributed by atoms with E-state index >= 15 is 0 Å². The summed E-state index contributed by atoms with van der Waals surface area (Å²) in [7, 11) is -3.92. The summed E-state index contributed by atoms with van der Waals surface area (Å²) in [6, 6.07) is 3.52. The minimum absolute atomic E-state index is 0.160. The van der Waals surface area contributed by atoms with Gasteiger partial charge in [-0.25, -0.2) is 13.1 Å². The van der Waals surface area contributed by atoms with Gasteiger partial charge < -0.3 is 5.11 Å². The number of rotatable bonds is 6. The van der Waals surface area contributed by atoms with Gasteiger partial charge >= 0.3 is 5.97 Å². The third-order valence-electron chi connectivity index (χ3n) is 2.84. The number of nitrogens with one attached hydrogen (secondary N) is 1. The minimum atomic E-state index is -3.92. The minimum Gasteiger partial charge on any atom is -0.481 e. The van der Waals surface area contributed by atoms with E-state index in [9.17, 15) is 23.3 Å². The van der Waals surface area contributed by atoms with Crippen molar-refractivity contribution in [2.75, 3.05) is 0 Å². The van der Waals surface area contributed by atoms with Crippen LogP contribution in [0.15, 0.2) is 29.2 Å². The highest BCUT2D eigenvalue weighted by Gasteiger charge is 2.25. The van der Waals surface area contributed by atoms with E-state index in [-0.39, 0.29) is 10.6 Å². The van der Waals surface area contributed by atoms with Crippen molar-refractivity contribution in [1.29, 1.82) is 0 Å². The van der Waals surface area contributed by atoms with Crippen molar-refractivity contribution < 1.29 is 23.2 Å². The van der Waals surface area contributed by atoms with Crippen molar-refractivity contribution in [3.63, 3.8) is 0 Å². The van der Waals surface area contributed by atoms with E-state index in [1.54, 1.807) is 0 Å². The molecule has 110 valence electrons. The monoisotopic (exact) mass is 302 g/mol. The standard InChI is InChI=1S/C11H14N2O6S/c1-7(11(14)15)8(2)12-20(18,19)10-5-3-9(4-6-10)13(16)17/h3-8,12H,1-2H3,(H,14,15). The number of carbonyl (C=O) groups is 1. The summed E-state index contributed by atoms with van der Waals surface area (Å²) in [5.74, 6) is -2.02. The van der Waals surface area contributed by atoms with Crippen LogP contribution in [0.3, 0.4) is 0 Å². The summed E-state index contributed by atoms with van der Waals surface area (Å²) in [4.78, 5) is 20.5. The highest BCUT2D eigenvalue weighted by atomic mass is 32.2. The number of hydrogen-bond acceptors (Lipinski definition) is 5. The lowest BCUT2D eigenvalue weighted by Gasteiger charge is -2.17. The zero-order valence-corrected chi connectivity index (χ0v) is 11.6. The van der Waals surface area contributed by atoms with Gasteiger partial charge in [0.25, 0.3) is 5.69 Å². The Morgan fingerprint density at radius 2 is 1.80 bits per heavy atom. The Kier molecular flexibility index (Phi) is 4.79. The molecule has 0 amide bonds. The van der Waals surface area contributed by atoms with Crippen molar-refractivity contribution in [3.8, 4) is 0 Å². The first-order chi connectivity index (χ1) is 9.15. The van der Waals surface area contributed by atoms with E-state index in [1.807, 2.05) is 0 Å². The van der Waals surface area contributed by atoms with Gasteiger partial charge in [-0.1, -0.05) is 6.92 Å². The molecule has 2 unspecified atom stereocenters. The summed E-state index contributed by atoms with van der Waals surface area (Å²) in [5, 5.41) is 19.3. The molecule has 9 heteroatoms. The van der Waals surface area contributed by atoms with Gasteiger partial charge in [0, 0.05) is 18.2 Å². The Hall–Kier alpha value is -2.00. The van der Waals surface area contributed by atoms with Gasteiger partial charge in [0.05, 0.1) is 15.7 Å². The van der Waals surface area contributed by atoms with E-state index in [0.29, 0.717) is 0 Å². The molecule has 0 radical (unpaired) electrons. The molecule has 0 saturated heterocycles. The van der Waals surface area contributed by atoms with Gasteiger partial charge in [-0.2, -0.15) is 0 Å². The summed E-state index contributed by atoms with van der Waals surface area (Å²) >= 11 is 0. The van der Waals surface area contributed by atoms with Crippen molar-refractivity contribution >= 4 is 21.7 Å². The fraction of sp³-hybridized carbons (Fsp3) is 0.364. The number of carboxylic acid groups (broad SMARTS) is 1. The normalized spacial score (nSPS) is 14.5. The lowest BCUT2D eigenvalue weighted by atomic mass is 10.1. The molecule has 20 heavy (non-hydrogen) atoms. The molecule has 1 aromatic rings. The molecule has 0 aliphatic rings. The molecule has 0 fully saturated rings. The van der Waals surface area contributed by atoms with E-state index in [2.05, 4.69) is 4.72 Å². The predicted molar refractivity (Wildman–Crippen MR) is 69.7 cm³/mol. The Morgan fingerprint density at radius 3 is 2.20 bits per heavy atom. The molecular formula is C11H14N2O6S. The molecule has 2 atom stereocenters. The van der Waals surface area contributed by atoms with Crippen LogP contribution in [0.2, 0.25) is 0 Å². The van der Waals surface area contributed by atoms with Crippen LogP contribution in [0, 0.1) is 16.0 Å². The molecule has 1 rings (SSSR count). The summed E-state index contributed by atoms with van der Waals surface area (Å²) in [6.07, 6.45) is 0. The molecule has 0 aliphatic carbocycles. The SMILES string of the molecule is CC(NS(=O)(=O)c1ccc([N+](=O)[O-])cc1)C(C)C(=O)O. The van der Waals surface area contributed by atoms with E-state index in [0.717, 1.165) is 24.3 Å². The lowest BCUT2D eigenvalue weighted by Crippen LogP contribution is -2.39. The number of hydrogen-bond donors (Lipinski definition) is 2. The van der Waals surface area contributed by atoms with Gasteiger partial charge in [-0.15, -0.1) is 0 Å². The zero-order valence-electron chi connectivity index (χ0n) is 10.8. The zero-order chi connectivity index (χ0) is 15.5. The number of nitrogens with zero attached hydrogens (tertiary/aromatic N) is 1. The van der Waals surface area contributed by atoms with Gasteiger partial charge in [0.2, 0.25) is 10.0 Å². The summed E-state index contributed by atoms with van der Waals surface area (Å²) in [5.41, 5.74) is -0.226. The molecule has 2 N–H and O–H groups in total. The van der Waals surface area contributed by atoms with Crippen LogP contribution in [-0.4, -0.2) is 30.5 Å². The maximum atomic E-state index is 12.0. The third-order valence-corrected chi connectivity index (χ3v) is 4.41. The molecule has 0 heterocycles. The number of non-ortho nitro benzene ring substituents is 1. The Bertz CT molecular complexity index is 610. The predicted octanol–water partition coefficient (Wildman–Crippen LogP) is 0.982. The Balaban J connectivity index is 2.94. The first kappa shape index (κ1) is 16.1. The summed E-state index contributed by atoms with van der Waals surface area (Å²) < 4.78 is 26.2. The molecule has 0 bridgehead atoms. The molecule has 1 aromatic carbocycles. The number of aliphatic carboxylic acids is 1. The lowest BCUT2D eigenvalue weighted by molar-refractivity contribution is -0.384. The molecular weight excluding hydrogens is 288 g/mol. The van der Waals surface area contributed by atoms with Gasteiger partial charge in [-0.05, 0) is 19.1 Å². The maximum Gasteiger partial charge on any atom is 0.307 e. The number of nitro benzene ring substituents is 1. The van der Waals surface area contributed by atoms with E-state index in [4.69, 9.17) is 5.11 Å². The number of carboxylic acids is 1. The number of sulfonamides is 1. The highest BCUT2D eigenvalue weighted by molar-refractivity contribution is 7.89. The fourth-order valence-electron chi connectivity index (χ4n) is 1.38. The quantitative estimate of drug-likeness (QED) is 0.595. The smallest absolute Gasteiger partial charge is 0.307 e. The first-order valence-corrected chi connectivity index (χ1v) is 7.13. The molecule has 0 spiro atoms. The average molecular weight is 302 g/mol. The maximum absolute atomic E-state index is 12.0. The van der Waals surface area contributed by atoms with E-state index < -0.39 is 32.9 Å². The second kappa shape index (κ2) is 5.97. The van der Waals surface area contributed by atoms with Crippen LogP contribution in [0.4, 0.5) is 5.69 Å². The molecule has 0 saturated carbocycles. The van der Waals surface area contributed by atoms with Crippen molar-refractivity contribution in [3.05, 3.63) is 34.4 Å². The topological polar surface area (TPSA) is 127 Å². The fourth-order valence-corrected chi connectivity index (χ4v) is 2.70. The van der Waals surface area contributed by atoms with Crippen molar-refractivity contribution in [2.24, 2.45) is 5.92 Å². The van der Waals surface area contributed by atoms with Gasteiger partial charge in [-0.3, -0.25) is 14.9 Å². The molecule has 8 nitrogen and oxygen atoms in total. The third kappa shape index (κ3) is 3.75. The number of benzene rings is 1. The Morgan fingerprint density at radius 1 is 1.30 bits per heavy atom. The number of nitro groups is 1. The Labute approximate surface area is 115 Å². The summed E-state index contributed by atoms with van der Waals surface area (Å²) in [6.45, 7) is 2.81. The molecule has 0 aliphatic heterocycles. The van der Waals surface area contributed by atoms with Crippen molar-refractivity contribution in [2.45, 2.75) is 24.8 Å². The second-order valence-electron chi connectivity index (χ2n) is 4.29. The van der Waals surface area contributed by atoms with Crippen LogP contribution < -0.4 is 4.72 Å². The first-order valence-electron chi connectivity index (χ1n) is 5.64. The largest absolute Gasteiger partial charge is 0.481 e. The van der Waals surface area contributed by atoms with Crippen LogP contribution in [0.25, 0.3) is 0 Å². The second-order valence-corrected chi connectivity index (χ2v) is 6.00. The highest BCUT2D eigenvalue weighted by Crippen LogP contribution is 2.16. The van der Waals surface area contributed by atoms with Crippen LogP contribution in [0.1, 0.15) is 13.8 Å². The molecule has 0 aromatic heterocycles. The van der Waals surface area contributed by atoms with Crippen LogP contribution in [0.5, 0.6) is 0 Å². The van der Waals surface area contributed by atoms with E-state index in [1.165, 1.54) is 13.8 Å². The van der Waals surface area contributed by atoms with Gasteiger partial charge in [0.15, 0.2) is 0 Å².